The highest BCUT2D eigenvalue weighted by atomic mass is 19.4. The summed E-state index contributed by atoms with van der Waals surface area (Å²) in [6.45, 7) is 1.58. The van der Waals surface area contributed by atoms with Gasteiger partial charge in [-0.3, -0.25) is 4.79 Å². The summed E-state index contributed by atoms with van der Waals surface area (Å²) in [7, 11) is 0. The maximum Gasteiger partial charge on any atom is 0.437 e. The number of para-hydroxylation sites is 1. The number of carbonyl (C=O) groups is 2. The molecule has 2 fully saturated rings. The van der Waals surface area contributed by atoms with Crippen LogP contribution in [-0.2, 0) is 6.18 Å². The van der Waals surface area contributed by atoms with Crippen LogP contribution in [0, 0.1) is 5.82 Å². The van der Waals surface area contributed by atoms with Crippen molar-refractivity contribution in [2.75, 3.05) is 47.0 Å². The van der Waals surface area contributed by atoms with Crippen LogP contribution in [0.5, 0.6) is 0 Å². The lowest BCUT2D eigenvalue weighted by Gasteiger charge is -2.39. The minimum atomic E-state index is -4.90. The standard InChI is InChI=1S/C32H31F4N7O3/c33-24-10-4-5-11-25(24)40-30(45)43-18-23(19-43)38-26-13-12-22(17-37-26)39-29(44)27-28(32(34,35)36)41-31(46-27)42-15-6-9-21(14-16-42)20-7-2-1-3-8-20/h1-5,7-8,10-13,17,21,23H,6,9,14-16,18-19H2,(H,37,38)(H,39,44)(H,40,45). The Labute approximate surface area is 261 Å². The molecule has 2 saturated heterocycles. The zero-order chi connectivity index (χ0) is 32.3. The quantitative estimate of drug-likeness (QED) is 0.196. The number of hydrogen-bond donors (Lipinski definition) is 3. The lowest BCUT2D eigenvalue weighted by Crippen LogP contribution is -2.58. The third-order valence-electron chi connectivity index (χ3n) is 8.02. The molecule has 10 nitrogen and oxygen atoms in total. The summed E-state index contributed by atoms with van der Waals surface area (Å²) in [4.78, 5) is 36.4. The monoisotopic (exact) mass is 637 g/mol. The molecule has 0 spiro atoms. The molecule has 0 radical (unpaired) electrons. The van der Waals surface area contributed by atoms with Crippen LogP contribution in [0.4, 0.5) is 45.6 Å². The van der Waals surface area contributed by atoms with E-state index in [2.05, 4.69) is 25.9 Å². The second-order valence-corrected chi connectivity index (χ2v) is 11.2. The van der Waals surface area contributed by atoms with Crippen molar-refractivity contribution in [2.45, 2.75) is 37.4 Å². The molecule has 3 N–H and O–H groups in total. The fourth-order valence-electron chi connectivity index (χ4n) is 5.58. The van der Waals surface area contributed by atoms with E-state index < -0.39 is 35.4 Å². The van der Waals surface area contributed by atoms with E-state index in [-0.39, 0.29) is 29.3 Å². The van der Waals surface area contributed by atoms with Crippen molar-refractivity contribution in [3.8, 4) is 0 Å². The van der Waals surface area contributed by atoms with Crippen LogP contribution in [-0.4, -0.2) is 59.0 Å². The molecule has 2 aliphatic heterocycles. The Morgan fingerprint density at radius 1 is 0.913 bits per heavy atom. The highest BCUT2D eigenvalue weighted by Gasteiger charge is 2.42. The van der Waals surface area contributed by atoms with Gasteiger partial charge >= 0.3 is 12.2 Å². The number of hydrogen-bond acceptors (Lipinski definition) is 7. The Morgan fingerprint density at radius 3 is 2.39 bits per heavy atom. The molecular weight excluding hydrogens is 606 g/mol. The Morgan fingerprint density at radius 2 is 1.67 bits per heavy atom. The second kappa shape index (κ2) is 13.1. The summed E-state index contributed by atoms with van der Waals surface area (Å²) >= 11 is 0. The number of rotatable bonds is 7. The van der Waals surface area contributed by atoms with Gasteiger partial charge in [0.15, 0.2) is 5.69 Å². The normalized spacial score (nSPS) is 17.2. The van der Waals surface area contributed by atoms with Gasteiger partial charge < -0.3 is 30.2 Å². The first-order valence-electron chi connectivity index (χ1n) is 14.9. The van der Waals surface area contributed by atoms with Crippen LogP contribution < -0.4 is 20.9 Å². The number of halogens is 4. The molecule has 1 atom stereocenters. The highest BCUT2D eigenvalue weighted by molar-refractivity contribution is 6.03. The van der Waals surface area contributed by atoms with E-state index in [1.54, 1.807) is 17.0 Å². The molecule has 0 aliphatic carbocycles. The van der Waals surface area contributed by atoms with Crippen molar-refractivity contribution < 1.29 is 31.6 Å². The Bertz CT molecular complexity index is 1680. The maximum atomic E-state index is 13.9. The van der Waals surface area contributed by atoms with Crippen molar-refractivity contribution in [1.82, 2.24) is 14.9 Å². The van der Waals surface area contributed by atoms with E-state index in [0.717, 1.165) is 12.8 Å². The fourth-order valence-corrected chi connectivity index (χ4v) is 5.58. The van der Waals surface area contributed by atoms with Gasteiger partial charge in [0.25, 0.3) is 11.9 Å². The maximum absolute atomic E-state index is 13.9. The zero-order valence-corrected chi connectivity index (χ0v) is 24.6. The molecule has 2 aliphatic rings. The van der Waals surface area contributed by atoms with E-state index in [0.29, 0.717) is 38.4 Å². The molecular formula is C32H31F4N7O3. The average molecular weight is 638 g/mol. The first-order chi connectivity index (χ1) is 22.1. The Hall–Kier alpha value is -5.14. The molecule has 14 heteroatoms. The number of anilines is 4. The van der Waals surface area contributed by atoms with Crippen LogP contribution in [0.1, 0.15) is 47.0 Å². The minimum absolute atomic E-state index is 0.0889. The first kappa shape index (κ1) is 30.9. The van der Waals surface area contributed by atoms with Gasteiger partial charge in [-0.25, -0.2) is 14.2 Å². The molecule has 4 heterocycles. The predicted molar refractivity (Wildman–Crippen MR) is 163 cm³/mol. The molecule has 240 valence electrons. The number of alkyl halides is 3. The Balaban J connectivity index is 1.04. The Kier molecular flexibility index (Phi) is 8.77. The topological polar surface area (TPSA) is 116 Å². The third-order valence-corrected chi connectivity index (χ3v) is 8.02. The number of benzene rings is 2. The van der Waals surface area contributed by atoms with Gasteiger partial charge in [0, 0.05) is 26.2 Å². The molecule has 0 bridgehead atoms. The number of nitrogens with zero attached hydrogens (tertiary/aromatic N) is 4. The van der Waals surface area contributed by atoms with E-state index in [1.807, 2.05) is 30.3 Å². The molecule has 3 amide bonds. The van der Waals surface area contributed by atoms with Crippen molar-refractivity contribution in [2.24, 2.45) is 0 Å². The third kappa shape index (κ3) is 7.05. The van der Waals surface area contributed by atoms with Crippen molar-refractivity contribution in [3.63, 3.8) is 0 Å². The smallest absolute Gasteiger partial charge is 0.417 e. The van der Waals surface area contributed by atoms with Crippen LogP contribution in [0.2, 0.25) is 0 Å². The summed E-state index contributed by atoms with van der Waals surface area (Å²) < 4.78 is 61.0. The number of oxazole rings is 1. The number of pyridine rings is 1. The number of likely N-dealkylation sites (tertiary alicyclic amines) is 1. The molecule has 0 saturated carbocycles. The lowest BCUT2D eigenvalue weighted by molar-refractivity contribution is -0.141. The summed E-state index contributed by atoms with van der Waals surface area (Å²) in [6.07, 6.45) is -1.29. The van der Waals surface area contributed by atoms with Gasteiger partial charge in [0.05, 0.1) is 23.6 Å². The van der Waals surface area contributed by atoms with E-state index >= 15 is 0 Å². The summed E-state index contributed by atoms with van der Waals surface area (Å²) in [5.74, 6) is -1.84. The van der Waals surface area contributed by atoms with Gasteiger partial charge in [0.1, 0.15) is 11.6 Å². The van der Waals surface area contributed by atoms with Crippen molar-refractivity contribution in [1.29, 1.82) is 0 Å². The molecule has 2 aromatic carbocycles. The largest absolute Gasteiger partial charge is 0.437 e. The van der Waals surface area contributed by atoms with E-state index in [9.17, 15) is 27.2 Å². The van der Waals surface area contributed by atoms with Gasteiger partial charge in [0.2, 0.25) is 5.76 Å². The SMILES string of the molecule is O=C(Nc1ccc(NC2CN(C(=O)Nc3ccccc3F)C2)nc1)c1oc(N2CCCC(c3ccccc3)CC2)nc1C(F)(F)F. The first-order valence-corrected chi connectivity index (χ1v) is 14.9. The number of nitrogens with one attached hydrogen (secondary N) is 3. The van der Waals surface area contributed by atoms with Crippen LogP contribution in [0.15, 0.2) is 77.3 Å². The average Bonchev–Trinajstić information content (AvgIpc) is 3.34. The van der Waals surface area contributed by atoms with E-state index in [1.165, 1.54) is 40.9 Å². The number of carbonyl (C=O) groups excluding carboxylic acids is 2. The fraction of sp³-hybridized carbons (Fsp3) is 0.312. The van der Waals surface area contributed by atoms with Gasteiger partial charge in [-0.15, -0.1) is 0 Å². The molecule has 1 unspecified atom stereocenters. The van der Waals surface area contributed by atoms with E-state index in [4.69, 9.17) is 4.42 Å². The predicted octanol–water partition coefficient (Wildman–Crippen LogP) is 6.58. The zero-order valence-electron chi connectivity index (χ0n) is 24.6. The van der Waals surface area contributed by atoms with Gasteiger partial charge in [-0.05, 0) is 55.0 Å². The molecule has 2 aromatic heterocycles. The van der Waals surface area contributed by atoms with Crippen LogP contribution in [0.3, 0.4) is 0 Å². The second-order valence-electron chi connectivity index (χ2n) is 11.2. The molecule has 46 heavy (non-hydrogen) atoms. The number of urea groups is 1. The summed E-state index contributed by atoms with van der Waals surface area (Å²) in [5, 5.41) is 8.07. The van der Waals surface area contributed by atoms with Crippen LogP contribution in [0.25, 0.3) is 0 Å². The number of aromatic nitrogens is 2. The van der Waals surface area contributed by atoms with Crippen molar-refractivity contribution in [3.05, 3.63) is 95.8 Å². The summed E-state index contributed by atoms with van der Waals surface area (Å²) in [5.41, 5.74) is 0.0395. The highest BCUT2D eigenvalue weighted by Crippen LogP contribution is 2.36. The van der Waals surface area contributed by atoms with Gasteiger partial charge in [-0.2, -0.15) is 18.2 Å². The lowest BCUT2D eigenvalue weighted by atomic mass is 9.92. The minimum Gasteiger partial charge on any atom is -0.417 e. The molecule has 4 aromatic rings. The van der Waals surface area contributed by atoms with Gasteiger partial charge in [-0.1, -0.05) is 42.5 Å². The summed E-state index contributed by atoms with van der Waals surface area (Å²) in [6, 6.07) is 18.1. The molecule has 6 rings (SSSR count). The van der Waals surface area contributed by atoms with Crippen molar-refractivity contribution >= 4 is 35.1 Å². The number of amides is 3. The van der Waals surface area contributed by atoms with Crippen LogP contribution >= 0.6 is 0 Å².